The minimum atomic E-state index is -1.46. The van der Waals surface area contributed by atoms with Crippen LogP contribution in [0, 0.1) is 6.92 Å². The van der Waals surface area contributed by atoms with Gasteiger partial charge in [0.1, 0.15) is 0 Å². The molecule has 0 radical (unpaired) electrons. The molecule has 94 valence electrons. The number of aryl methyl sites for hydroxylation is 1. The third-order valence-electron chi connectivity index (χ3n) is 2.49. The molecule has 0 aliphatic carbocycles. The zero-order chi connectivity index (χ0) is 13.0. The van der Waals surface area contributed by atoms with Gasteiger partial charge in [-0.1, -0.05) is 47.5 Å². The van der Waals surface area contributed by atoms with Crippen LogP contribution < -0.4 is 0 Å². The summed E-state index contributed by atoms with van der Waals surface area (Å²) in [5, 5.41) is 0.624. The molecule has 1 unspecified atom stereocenters. The van der Waals surface area contributed by atoms with Gasteiger partial charge in [0.25, 0.3) is 0 Å². The van der Waals surface area contributed by atoms with Crippen LogP contribution in [0.25, 0.3) is 0 Å². The lowest BCUT2D eigenvalue weighted by atomic mass is 10.2. The normalized spacial score (nSPS) is 12.3. The maximum Gasteiger partial charge on any atom is 0.189 e. The van der Waals surface area contributed by atoms with Gasteiger partial charge in [0.05, 0.1) is 11.5 Å². The molecule has 0 heterocycles. The highest BCUT2D eigenvalue weighted by atomic mass is 35.5. The van der Waals surface area contributed by atoms with Crippen LogP contribution in [0.15, 0.2) is 53.4 Å². The second kappa shape index (κ2) is 6.14. The molecule has 2 aromatic carbocycles. The van der Waals surface area contributed by atoms with E-state index >= 15 is 0 Å². The molecule has 2 nitrogen and oxygen atoms in total. The van der Waals surface area contributed by atoms with Crippen LogP contribution in [-0.4, -0.2) is 4.21 Å². The van der Waals surface area contributed by atoms with Crippen molar-refractivity contribution in [3.8, 4) is 0 Å². The third-order valence-corrected chi connectivity index (χ3v) is 3.85. The predicted molar refractivity (Wildman–Crippen MR) is 73.8 cm³/mol. The van der Waals surface area contributed by atoms with Crippen LogP contribution in [0.1, 0.15) is 11.1 Å². The average Bonchev–Trinajstić information content (AvgIpc) is 2.38. The average molecular weight is 281 g/mol. The summed E-state index contributed by atoms with van der Waals surface area (Å²) in [5.74, 6) is 0. The van der Waals surface area contributed by atoms with Crippen molar-refractivity contribution in [2.75, 3.05) is 0 Å². The number of rotatable bonds is 4. The second-order valence-corrected chi connectivity index (χ2v) is 5.49. The van der Waals surface area contributed by atoms with Gasteiger partial charge in [-0.15, -0.1) is 0 Å². The molecule has 0 bridgehead atoms. The van der Waals surface area contributed by atoms with Crippen LogP contribution in [0.4, 0.5) is 0 Å². The van der Waals surface area contributed by atoms with Crippen LogP contribution in [0.2, 0.25) is 5.02 Å². The van der Waals surface area contributed by atoms with Crippen molar-refractivity contribution in [2.24, 2.45) is 0 Å². The molecular weight excluding hydrogens is 268 g/mol. The molecule has 2 aromatic rings. The highest BCUT2D eigenvalue weighted by Gasteiger charge is 2.06. The Morgan fingerprint density at radius 2 is 1.78 bits per heavy atom. The number of hydrogen-bond donors (Lipinski definition) is 0. The SMILES string of the molecule is Cc1ccc(S(=O)OCc2ccccc2Cl)cc1. The molecule has 0 saturated heterocycles. The molecule has 4 heteroatoms. The Bertz CT molecular complexity index is 552. The highest BCUT2D eigenvalue weighted by Crippen LogP contribution is 2.17. The standard InChI is InChI=1S/C14H13ClO2S/c1-11-6-8-13(9-7-11)18(16)17-10-12-4-2-3-5-14(12)15/h2-9H,10H2,1H3. The topological polar surface area (TPSA) is 26.3 Å². The Morgan fingerprint density at radius 3 is 2.44 bits per heavy atom. The van der Waals surface area contributed by atoms with E-state index in [0.717, 1.165) is 11.1 Å². The summed E-state index contributed by atoms with van der Waals surface area (Å²) in [6.07, 6.45) is 0. The largest absolute Gasteiger partial charge is 0.282 e. The first-order valence-electron chi connectivity index (χ1n) is 5.52. The lowest BCUT2D eigenvalue weighted by Crippen LogP contribution is -1.99. The fraction of sp³-hybridized carbons (Fsp3) is 0.143. The Balaban J connectivity index is 2.01. The summed E-state index contributed by atoms with van der Waals surface area (Å²) in [6.45, 7) is 2.22. The van der Waals surface area contributed by atoms with Gasteiger partial charge in [-0.3, -0.25) is 4.18 Å². The van der Waals surface area contributed by atoms with E-state index in [1.54, 1.807) is 18.2 Å². The van der Waals surface area contributed by atoms with Gasteiger partial charge >= 0.3 is 0 Å². The summed E-state index contributed by atoms with van der Waals surface area (Å²) in [6, 6.07) is 14.8. The molecule has 0 aromatic heterocycles. The Labute approximate surface area is 114 Å². The Hall–Kier alpha value is -1.16. The van der Waals surface area contributed by atoms with E-state index in [-0.39, 0.29) is 6.61 Å². The first-order valence-corrected chi connectivity index (χ1v) is 6.97. The van der Waals surface area contributed by atoms with Gasteiger partial charge in [0.15, 0.2) is 11.1 Å². The fourth-order valence-corrected chi connectivity index (χ4v) is 2.37. The van der Waals surface area contributed by atoms with Crippen molar-refractivity contribution in [3.05, 3.63) is 64.7 Å². The third kappa shape index (κ3) is 3.42. The monoisotopic (exact) mass is 280 g/mol. The van der Waals surface area contributed by atoms with Gasteiger partial charge < -0.3 is 0 Å². The van der Waals surface area contributed by atoms with Gasteiger partial charge in [0, 0.05) is 5.02 Å². The number of benzene rings is 2. The Kier molecular flexibility index (Phi) is 4.53. The van der Waals surface area contributed by atoms with E-state index in [0.29, 0.717) is 9.92 Å². The summed E-state index contributed by atoms with van der Waals surface area (Å²) in [7, 11) is 0. The van der Waals surface area contributed by atoms with Gasteiger partial charge in [-0.2, -0.15) is 0 Å². The minimum Gasteiger partial charge on any atom is -0.282 e. The van der Waals surface area contributed by atoms with Crippen molar-refractivity contribution in [3.63, 3.8) is 0 Å². The summed E-state index contributed by atoms with van der Waals surface area (Å²) < 4.78 is 17.2. The lowest BCUT2D eigenvalue weighted by molar-refractivity contribution is 0.337. The summed E-state index contributed by atoms with van der Waals surface area (Å²) in [5.41, 5.74) is 1.96. The molecule has 1 atom stereocenters. The van der Waals surface area contributed by atoms with Crippen molar-refractivity contribution >= 4 is 22.7 Å². The van der Waals surface area contributed by atoms with E-state index < -0.39 is 11.1 Å². The summed E-state index contributed by atoms with van der Waals surface area (Å²) >= 11 is 4.54. The Morgan fingerprint density at radius 1 is 1.11 bits per heavy atom. The highest BCUT2D eigenvalue weighted by molar-refractivity contribution is 7.80. The van der Waals surface area contributed by atoms with E-state index in [4.69, 9.17) is 15.8 Å². The molecule has 0 N–H and O–H groups in total. The molecule has 0 aliphatic heterocycles. The molecule has 2 rings (SSSR count). The van der Waals surface area contributed by atoms with Crippen molar-refractivity contribution < 1.29 is 8.39 Å². The maximum absolute atomic E-state index is 11.9. The number of halogens is 1. The molecule has 18 heavy (non-hydrogen) atoms. The zero-order valence-corrected chi connectivity index (χ0v) is 11.5. The number of hydrogen-bond acceptors (Lipinski definition) is 2. The quantitative estimate of drug-likeness (QED) is 0.849. The van der Waals surface area contributed by atoms with Crippen LogP contribution >= 0.6 is 11.6 Å². The van der Waals surface area contributed by atoms with Crippen molar-refractivity contribution in [1.82, 2.24) is 0 Å². The lowest BCUT2D eigenvalue weighted by Gasteiger charge is -2.05. The molecule has 0 amide bonds. The first-order chi connectivity index (χ1) is 8.66. The predicted octanol–water partition coefficient (Wildman–Crippen LogP) is 3.89. The van der Waals surface area contributed by atoms with Crippen molar-refractivity contribution in [1.29, 1.82) is 0 Å². The smallest absolute Gasteiger partial charge is 0.189 e. The molecule has 0 spiro atoms. The van der Waals surface area contributed by atoms with Crippen LogP contribution in [-0.2, 0) is 21.9 Å². The van der Waals surface area contributed by atoms with Gasteiger partial charge in [0.2, 0.25) is 0 Å². The van der Waals surface area contributed by atoms with E-state index in [9.17, 15) is 4.21 Å². The molecule has 0 aliphatic rings. The zero-order valence-electron chi connectivity index (χ0n) is 9.93. The molecule has 0 fully saturated rings. The van der Waals surface area contributed by atoms with Gasteiger partial charge in [-0.05, 0) is 30.7 Å². The maximum atomic E-state index is 11.9. The second-order valence-electron chi connectivity index (χ2n) is 3.90. The fourth-order valence-electron chi connectivity index (χ4n) is 1.45. The van der Waals surface area contributed by atoms with Crippen LogP contribution in [0.5, 0.6) is 0 Å². The summed E-state index contributed by atoms with van der Waals surface area (Å²) in [4.78, 5) is 0.660. The van der Waals surface area contributed by atoms with Gasteiger partial charge in [-0.25, -0.2) is 4.21 Å². The minimum absolute atomic E-state index is 0.236. The van der Waals surface area contributed by atoms with Crippen LogP contribution in [0.3, 0.4) is 0 Å². The van der Waals surface area contributed by atoms with E-state index in [1.165, 1.54) is 0 Å². The van der Waals surface area contributed by atoms with E-state index in [2.05, 4.69) is 0 Å². The molecule has 0 saturated carbocycles. The van der Waals surface area contributed by atoms with E-state index in [1.807, 2.05) is 37.3 Å². The molecular formula is C14H13ClO2S. The van der Waals surface area contributed by atoms with Crippen molar-refractivity contribution in [2.45, 2.75) is 18.4 Å². The first kappa shape index (κ1) is 13.3.